The van der Waals surface area contributed by atoms with Gasteiger partial charge in [-0.3, -0.25) is 19.2 Å². The minimum absolute atomic E-state index is 0.0414. The fraction of sp³-hybridized carbons (Fsp3) is 0.419. The summed E-state index contributed by atoms with van der Waals surface area (Å²) >= 11 is 0.418. The number of hydrogen-bond donors (Lipinski definition) is 1. The molecule has 2 aromatic rings. The minimum atomic E-state index is -1.69. The van der Waals surface area contributed by atoms with Crippen molar-refractivity contribution in [1.29, 1.82) is 0 Å². The van der Waals surface area contributed by atoms with Gasteiger partial charge in [0.25, 0.3) is 11.8 Å². The van der Waals surface area contributed by atoms with Crippen molar-refractivity contribution in [3.8, 4) is 0 Å². The van der Waals surface area contributed by atoms with E-state index in [0.29, 0.717) is 23.6 Å². The number of benzene rings is 2. The lowest BCUT2D eigenvalue weighted by Gasteiger charge is -2.24. The smallest absolute Gasteiger partial charge is 0.408 e. The molecule has 1 aliphatic rings. The summed E-state index contributed by atoms with van der Waals surface area (Å²) < 4.78 is 16.8. The van der Waals surface area contributed by atoms with Crippen LogP contribution in [-0.2, 0) is 35.2 Å². The molecule has 0 radical (unpaired) electrons. The van der Waals surface area contributed by atoms with Gasteiger partial charge in [0.15, 0.2) is 11.0 Å². The van der Waals surface area contributed by atoms with Crippen molar-refractivity contribution in [2.45, 2.75) is 76.4 Å². The van der Waals surface area contributed by atoms with E-state index in [2.05, 4.69) is 25.0 Å². The number of nitrogens with zero attached hydrogens (tertiary/aromatic N) is 1. The van der Waals surface area contributed by atoms with E-state index in [9.17, 15) is 28.8 Å². The molecule has 2 atom stereocenters. The number of alkyl carbamates (subject to hydrolysis) is 1. The lowest BCUT2D eigenvalue weighted by Crippen LogP contribution is -2.47. The molecule has 3 amide bonds. The second-order valence-corrected chi connectivity index (χ2v) is 19.0. The Bertz CT molecular complexity index is 1370. The highest BCUT2D eigenvalue weighted by Gasteiger charge is 2.43. The number of Topliss-reactive ketones (excluding diaryl/α,β-unsaturated/α-hetero) is 1. The predicted octanol–water partition coefficient (Wildman–Crippen LogP) is 4.78. The van der Waals surface area contributed by atoms with Gasteiger partial charge < -0.3 is 19.5 Å². The van der Waals surface area contributed by atoms with Crippen LogP contribution >= 0.6 is 11.9 Å². The van der Waals surface area contributed by atoms with Crippen LogP contribution in [0.4, 0.5) is 4.79 Å². The number of fused-ring (bicyclic) bond motifs is 1. The standard InChI is InChI=1S/C31H38N2O9SSi/c1-31(2,3)42-30(39)32-23(28(37)41-19-20-12-8-7-9-13-20)18-24(34)25(29(38)40-16-17-44(4,5)6)43-33-26(35)21-14-10-11-15-22(21)27(33)36/h7-15,23,25H,16-19H2,1-6H3,(H,32,39)/t23-,25?/m0/s1. The molecular formula is C31H38N2O9SSi. The first-order valence-corrected chi connectivity index (χ1v) is 18.6. The zero-order valence-electron chi connectivity index (χ0n) is 25.7. The maximum Gasteiger partial charge on any atom is 0.408 e. The molecule has 0 fully saturated rings. The Morgan fingerprint density at radius 2 is 1.43 bits per heavy atom. The van der Waals surface area contributed by atoms with Gasteiger partial charge in [-0.25, -0.2) is 13.9 Å². The molecule has 0 saturated carbocycles. The highest BCUT2D eigenvalue weighted by atomic mass is 32.2. The monoisotopic (exact) mass is 642 g/mol. The second kappa shape index (κ2) is 14.7. The topological polar surface area (TPSA) is 145 Å². The van der Waals surface area contributed by atoms with Crippen LogP contribution in [0, 0.1) is 0 Å². The third kappa shape index (κ3) is 10.0. The molecule has 13 heteroatoms. The molecule has 1 unspecified atom stereocenters. The van der Waals surface area contributed by atoms with E-state index in [1.165, 1.54) is 12.1 Å². The van der Waals surface area contributed by atoms with Crippen LogP contribution in [0.5, 0.6) is 0 Å². The number of amides is 3. The van der Waals surface area contributed by atoms with Crippen molar-refractivity contribution in [3.05, 3.63) is 71.3 Å². The lowest BCUT2D eigenvalue weighted by molar-refractivity contribution is -0.150. The molecule has 0 aromatic heterocycles. The first kappa shape index (κ1) is 34.5. The Labute approximate surface area is 262 Å². The number of hydrogen-bond acceptors (Lipinski definition) is 10. The number of rotatable bonds is 13. The number of ether oxygens (including phenoxy) is 3. The zero-order valence-corrected chi connectivity index (χ0v) is 27.5. The van der Waals surface area contributed by atoms with Gasteiger partial charge in [-0.2, -0.15) is 0 Å². The zero-order chi connectivity index (χ0) is 32.7. The maximum absolute atomic E-state index is 13.7. The van der Waals surface area contributed by atoms with Crippen molar-refractivity contribution in [2.24, 2.45) is 0 Å². The summed E-state index contributed by atoms with van der Waals surface area (Å²) in [6.45, 7) is 11.1. The fourth-order valence-electron chi connectivity index (χ4n) is 3.92. The third-order valence-corrected chi connectivity index (χ3v) is 9.09. The van der Waals surface area contributed by atoms with Crippen LogP contribution in [0.15, 0.2) is 54.6 Å². The summed E-state index contributed by atoms with van der Waals surface area (Å²) in [7, 11) is -1.61. The van der Waals surface area contributed by atoms with Crippen LogP contribution in [0.25, 0.3) is 0 Å². The van der Waals surface area contributed by atoms with Gasteiger partial charge in [0.05, 0.1) is 17.7 Å². The van der Waals surface area contributed by atoms with Gasteiger partial charge in [-0.05, 0) is 56.5 Å². The molecule has 2 aromatic carbocycles. The SMILES string of the molecule is CC(C)(C)OC(=O)N[C@@H](CC(=O)C(SN1C(=O)c2ccccc2C1=O)C(=O)OCC[Si](C)(C)C)C(=O)OCc1ccccc1. The molecule has 1 N–H and O–H groups in total. The van der Waals surface area contributed by atoms with E-state index in [4.69, 9.17) is 14.2 Å². The van der Waals surface area contributed by atoms with E-state index in [1.807, 2.05) is 0 Å². The summed E-state index contributed by atoms with van der Waals surface area (Å²) in [5.41, 5.74) is 0.0409. The summed E-state index contributed by atoms with van der Waals surface area (Å²) in [5.74, 6) is -4.14. The molecule has 1 heterocycles. The normalized spacial score (nSPS) is 14.4. The molecule has 3 rings (SSSR count). The Morgan fingerprint density at radius 3 is 1.98 bits per heavy atom. The highest BCUT2D eigenvalue weighted by molar-refractivity contribution is 8.00. The van der Waals surface area contributed by atoms with Crippen LogP contribution in [0.1, 0.15) is 53.5 Å². The summed E-state index contributed by atoms with van der Waals surface area (Å²) in [6.07, 6.45) is -1.68. The highest BCUT2D eigenvalue weighted by Crippen LogP contribution is 2.32. The molecule has 0 bridgehead atoms. The Kier molecular flexibility index (Phi) is 11.5. The molecule has 11 nitrogen and oxygen atoms in total. The Hall–Kier alpha value is -3.97. The van der Waals surface area contributed by atoms with E-state index in [1.54, 1.807) is 63.2 Å². The molecule has 0 saturated heterocycles. The van der Waals surface area contributed by atoms with Crippen molar-refractivity contribution in [1.82, 2.24) is 9.62 Å². The van der Waals surface area contributed by atoms with Gasteiger partial charge >= 0.3 is 18.0 Å². The quantitative estimate of drug-likeness (QED) is 0.0809. The molecular weight excluding hydrogens is 604 g/mol. The second-order valence-electron chi connectivity index (χ2n) is 12.4. The van der Waals surface area contributed by atoms with E-state index in [0.717, 1.165) is 4.31 Å². The number of imide groups is 1. The van der Waals surface area contributed by atoms with Crippen molar-refractivity contribution < 1.29 is 43.0 Å². The number of esters is 2. The number of nitrogens with one attached hydrogen (secondary N) is 1. The van der Waals surface area contributed by atoms with Crippen LogP contribution in [0.2, 0.25) is 25.7 Å². The van der Waals surface area contributed by atoms with E-state index in [-0.39, 0.29) is 24.3 Å². The average Bonchev–Trinajstić information content (AvgIpc) is 3.17. The molecule has 44 heavy (non-hydrogen) atoms. The average molecular weight is 643 g/mol. The Balaban J connectivity index is 1.84. The van der Waals surface area contributed by atoms with Gasteiger partial charge in [-0.15, -0.1) is 0 Å². The first-order valence-electron chi connectivity index (χ1n) is 14.1. The predicted molar refractivity (Wildman–Crippen MR) is 166 cm³/mol. The maximum atomic E-state index is 13.7. The molecule has 0 spiro atoms. The number of carbonyl (C=O) groups is 6. The lowest BCUT2D eigenvalue weighted by atomic mass is 10.1. The molecule has 236 valence electrons. The van der Waals surface area contributed by atoms with Crippen molar-refractivity contribution in [3.63, 3.8) is 0 Å². The van der Waals surface area contributed by atoms with Crippen molar-refractivity contribution in [2.75, 3.05) is 6.61 Å². The minimum Gasteiger partial charge on any atom is -0.465 e. The van der Waals surface area contributed by atoms with Crippen LogP contribution in [0.3, 0.4) is 0 Å². The molecule has 1 aliphatic heterocycles. The van der Waals surface area contributed by atoms with Gasteiger partial charge in [0.1, 0.15) is 18.2 Å². The van der Waals surface area contributed by atoms with E-state index < -0.39 is 67.0 Å². The summed E-state index contributed by atoms with van der Waals surface area (Å²) in [5, 5.41) is 0.672. The van der Waals surface area contributed by atoms with Crippen LogP contribution in [-0.4, -0.2) is 71.5 Å². The molecule has 0 aliphatic carbocycles. The van der Waals surface area contributed by atoms with Gasteiger partial charge in [0.2, 0.25) is 0 Å². The Morgan fingerprint density at radius 1 is 0.864 bits per heavy atom. The van der Waals surface area contributed by atoms with E-state index >= 15 is 0 Å². The third-order valence-electron chi connectivity index (χ3n) is 6.18. The largest absolute Gasteiger partial charge is 0.465 e. The summed E-state index contributed by atoms with van der Waals surface area (Å²) in [6, 6.07) is 14.0. The van der Waals surface area contributed by atoms with Crippen LogP contribution < -0.4 is 5.32 Å². The van der Waals surface area contributed by atoms with Gasteiger partial charge in [-0.1, -0.05) is 62.1 Å². The van der Waals surface area contributed by atoms with Crippen molar-refractivity contribution >= 4 is 55.7 Å². The first-order chi connectivity index (χ1) is 20.6. The summed E-state index contributed by atoms with van der Waals surface area (Å²) in [4.78, 5) is 78.8. The number of ketones is 1. The fourth-order valence-corrected chi connectivity index (χ4v) is 5.60. The van der Waals surface area contributed by atoms with Gasteiger partial charge in [0, 0.05) is 14.5 Å². The number of carbonyl (C=O) groups excluding carboxylic acids is 6.